The number of nitrogens with one attached hydrogen (secondary N) is 2. The van der Waals surface area contributed by atoms with Crippen LogP contribution in [-0.4, -0.2) is 69.3 Å². The number of anilines is 2. The van der Waals surface area contributed by atoms with Crippen molar-refractivity contribution < 1.29 is 9.59 Å². The number of hydrogen-bond acceptors (Lipinski definition) is 6. The van der Waals surface area contributed by atoms with Crippen molar-refractivity contribution in [3.8, 4) is 5.69 Å². The lowest BCUT2D eigenvalue weighted by molar-refractivity contribution is 0.0746. The van der Waals surface area contributed by atoms with Crippen molar-refractivity contribution in [3.63, 3.8) is 0 Å². The summed E-state index contributed by atoms with van der Waals surface area (Å²) in [7, 11) is 0. The summed E-state index contributed by atoms with van der Waals surface area (Å²) in [5, 5.41) is 17.8. The predicted octanol–water partition coefficient (Wildman–Crippen LogP) is 1.91. The smallest absolute Gasteiger partial charge is 0.319 e. The van der Waals surface area contributed by atoms with E-state index in [2.05, 4.69) is 31.1 Å². The second-order valence-electron chi connectivity index (χ2n) is 7.96. The van der Waals surface area contributed by atoms with Gasteiger partial charge in [-0.05, 0) is 59.7 Å². The third-order valence-corrected chi connectivity index (χ3v) is 5.61. The molecule has 2 aliphatic rings. The van der Waals surface area contributed by atoms with Gasteiger partial charge in [-0.2, -0.15) is 4.68 Å². The summed E-state index contributed by atoms with van der Waals surface area (Å²) in [5.74, 6) is 0.643. The molecular weight excluding hydrogens is 408 g/mol. The van der Waals surface area contributed by atoms with Gasteiger partial charge in [0.2, 0.25) is 5.95 Å². The molecule has 2 aromatic carbocycles. The van der Waals surface area contributed by atoms with Crippen LogP contribution < -0.4 is 15.5 Å². The van der Waals surface area contributed by atoms with Crippen LogP contribution in [0.2, 0.25) is 0 Å². The maximum Gasteiger partial charge on any atom is 0.319 e. The summed E-state index contributed by atoms with van der Waals surface area (Å²) < 4.78 is 1.71. The summed E-state index contributed by atoms with van der Waals surface area (Å²) in [5.41, 5.74) is 2.16. The fraction of sp³-hybridized carbons (Fsp3) is 0.318. The SMILES string of the molecule is O=C(Nc1ccc(C(=O)N2CCN(c3nnnn3-c3ccccc3)CC2)cc1)NC1CC1. The van der Waals surface area contributed by atoms with Gasteiger partial charge in [-0.15, -0.1) is 0 Å². The van der Waals surface area contributed by atoms with E-state index >= 15 is 0 Å². The normalized spacial score (nSPS) is 16.0. The Kier molecular flexibility index (Phi) is 5.40. The van der Waals surface area contributed by atoms with Crippen LogP contribution >= 0.6 is 0 Å². The molecule has 32 heavy (non-hydrogen) atoms. The Labute approximate surface area is 185 Å². The van der Waals surface area contributed by atoms with Gasteiger partial charge in [0.15, 0.2) is 0 Å². The monoisotopic (exact) mass is 432 g/mol. The van der Waals surface area contributed by atoms with Gasteiger partial charge in [0.1, 0.15) is 0 Å². The van der Waals surface area contributed by atoms with Crippen LogP contribution in [0.4, 0.5) is 16.4 Å². The average molecular weight is 432 g/mol. The molecule has 1 saturated carbocycles. The van der Waals surface area contributed by atoms with E-state index in [-0.39, 0.29) is 11.9 Å². The molecule has 2 heterocycles. The molecule has 1 aliphatic heterocycles. The number of tetrazole rings is 1. The molecule has 2 N–H and O–H groups in total. The van der Waals surface area contributed by atoms with Crippen molar-refractivity contribution >= 4 is 23.6 Å². The maximum absolute atomic E-state index is 12.9. The van der Waals surface area contributed by atoms with E-state index in [1.165, 1.54) is 0 Å². The van der Waals surface area contributed by atoms with Gasteiger partial charge in [-0.3, -0.25) is 4.79 Å². The summed E-state index contributed by atoms with van der Waals surface area (Å²) >= 11 is 0. The van der Waals surface area contributed by atoms with E-state index in [9.17, 15) is 9.59 Å². The predicted molar refractivity (Wildman–Crippen MR) is 119 cm³/mol. The van der Waals surface area contributed by atoms with Crippen LogP contribution in [0.5, 0.6) is 0 Å². The zero-order valence-electron chi connectivity index (χ0n) is 17.5. The molecule has 5 rings (SSSR count). The molecule has 164 valence electrons. The molecule has 0 atom stereocenters. The largest absolute Gasteiger partial charge is 0.336 e. The molecule has 10 heteroatoms. The Bertz CT molecular complexity index is 1090. The first-order valence-corrected chi connectivity index (χ1v) is 10.7. The highest BCUT2D eigenvalue weighted by atomic mass is 16.2. The molecule has 10 nitrogen and oxygen atoms in total. The summed E-state index contributed by atoms with van der Waals surface area (Å²) in [6.07, 6.45) is 2.07. The summed E-state index contributed by atoms with van der Waals surface area (Å²) in [4.78, 5) is 28.7. The Morgan fingerprint density at radius 2 is 1.62 bits per heavy atom. The number of carbonyl (C=O) groups is 2. The second-order valence-corrected chi connectivity index (χ2v) is 7.96. The molecule has 2 fully saturated rings. The number of amides is 3. The van der Waals surface area contributed by atoms with Gasteiger partial charge < -0.3 is 20.4 Å². The zero-order chi connectivity index (χ0) is 21.9. The Morgan fingerprint density at radius 3 is 2.31 bits per heavy atom. The van der Waals surface area contributed by atoms with E-state index in [0.29, 0.717) is 49.4 Å². The molecule has 1 aliphatic carbocycles. The Morgan fingerprint density at radius 1 is 0.906 bits per heavy atom. The van der Waals surface area contributed by atoms with Crippen LogP contribution in [0.1, 0.15) is 23.2 Å². The van der Waals surface area contributed by atoms with Crippen molar-refractivity contribution in [3.05, 3.63) is 60.2 Å². The fourth-order valence-corrected chi connectivity index (χ4v) is 3.68. The average Bonchev–Trinajstić information content (AvgIpc) is 3.50. The number of aromatic nitrogens is 4. The standard InChI is InChI=1S/C22H24N8O2/c31-20(16-6-8-17(9-7-16)23-21(32)24-18-10-11-18)28-12-14-29(15-13-28)22-25-26-27-30(22)19-4-2-1-3-5-19/h1-9,18H,10-15H2,(H2,23,24,32). The number of rotatable bonds is 5. The topological polar surface area (TPSA) is 108 Å². The maximum atomic E-state index is 12.9. The lowest BCUT2D eigenvalue weighted by Gasteiger charge is -2.34. The van der Waals surface area contributed by atoms with Gasteiger partial charge >= 0.3 is 6.03 Å². The molecule has 0 radical (unpaired) electrons. The third kappa shape index (κ3) is 4.39. The van der Waals surface area contributed by atoms with Crippen LogP contribution in [0.25, 0.3) is 5.69 Å². The minimum Gasteiger partial charge on any atom is -0.336 e. The van der Waals surface area contributed by atoms with E-state index in [0.717, 1.165) is 18.5 Å². The van der Waals surface area contributed by atoms with Gasteiger partial charge in [-0.25, -0.2) is 4.79 Å². The fourth-order valence-electron chi connectivity index (χ4n) is 3.68. The molecule has 1 saturated heterocycles. The van der Waals surface area contributed by atoms with Gasteiger partial charge in [0, 0.05) is 43.5 Å². The van der Waals surface area contributed by atoms with Crippen LogP contribution in [-0.2, 0) is 0 Å². The molecule has 0 unspecified atom stereocenters. The van der Waals surface area contributed by atoms with E-state index in [1.807, 2.05) is 35.2 Å². The lowest BCUT2D eigenvalue weighted by atomic mass is 10.1. The van der Waals surface area contributed by atoms with E-state index in [1.54, 1.807) is 28.9 Å². The lowest BCUT2D eigenvalue weighted by Crippen LogP contribution is -2.49. The van der Waals surface area contributed by atoms with Crippen molar-refractivity contribution in [2.75, 3.05) is 36.4 Å². The van der Waals surface area contributed by atoms with E-state index < -0.39 is 0 Å². The number of carbonyl (C=O) groups excluding carboxylic acids is 2. The molecule has 3 aromatic rings. The van der Waals surface area contributed by atoms with Gasteiger partial charge in [-0.1, -0.05) is 23.3 Å². The highest BCUT2D eigenvalue weighted by Crippen LogP contribution is 2.20. The summed E-state index contributed by atoms with van der Waals surface area (Å²) in [6, 6.07) is 16.8. The first kappa shape index (κ1) is 20.0. The van der Waals surface area contributed by atoms with Crippen LogP contribution in [0, 0.1) is 0 Å². The summed E-state index contributed by atoms with van der Waals surface area (Å²) in [6.45, 7) is 2.43. The second kappa shape index (κ2) is 8.66. The number of para-hydroxylation sites is 1. The Hall–Kier alpha value is -3.95. The van der Waals surface area contributed by atoms with Gasteiger partial charge in [0.25, 0.3) is 5.91 Å². The first-order valence-electron chi connectivity index (χ1n) is 10.7. The first-order chi connectivity index (χ1) is 15.7. The molecule has 0 spiro atoms. The van der Waals surface area contributed by atoms with E-state index in [4.69, 9.17) is 0 Å². The van der Waals surface area contributed by atoms with Crippen LogP contribution in [0.3, 0.4) is 0 Å². The van der Waals surface area contributed by atoms with Crippen LogP contribution in [0.15, 0.2) is 54.6 Å². The number of benzene rings is 2. The molecule has 3 amide bonds. The number of hydrogen-bond donors (Lipinski definition) is 2. The zero-order valence-corrected chi connectivity index (χ0v) is 17.5. The third-order valence-electron chi connectivity index (χ3n) is 5.61. The quantitative estimate of drug-likeness (QED) is 0.638. The number of piperazine rings is 1. The number of nitrogens with zero attached hydrogens (tertiary/aromatic N) is 6. The van der Waals surface area contributed by atoms with Crippen molar-refractivity contribution in [1.29, 1.82) is 0 Å². The Balaban J connectivity index is 1.18. The van der Waals surface area contributed by atoms with Gasteiger partial charge in [0.05, 0.1) is 5.69 Å². The molecular formula is C22H24N8O2. The van der Waals surface area contributed by atoms with Crippen molar-refractivity contribution in [2.24, 2.45) is 0 Å². The minimum absolute atomic E-state index is 0.0266. The molecule has 1 aromatic heterocycles. The van der Waals surface area contributed by atoms with Crippen molar-refractivity contribution in [2.45, 2.75) is 18.9 Å². The molecule has 0 bridgehead atoms. The highest BCUT2D eigenvalue weighted by Gasteiger charge is 2.26. The van der Waals surface area contributed by atoms with Crippen molar-refractivity contribution in [1.82, 2.24) is 30.4 Å². The number of urea groups is 1. The highest BCUT2D eigenvalue weighted by molar-refractivity contribution is 5.95. The minimum atomic E-state index is -0.208.